The minimum absolute atomic E-state index is 0.119. The maximum atomic E-state index is 11.5. The number of nitrogens with one attached hydrogen (secondary N) is 1. The summed E-state index contributed by atoms with van der Waals surface area (Å²) < 4.78 is 31.7. The standard InChI is InChI=1S/C11H21N3O3S/c1-5-9(6-2)11-7-10(17-13-11)8-12-18(15,16)14(3)4/h7,9,12H,5-6,8H2,1-4H3. The van der Waals surface area contributed by atoms with Crippen LogP contribution >= 0.6 is 0 Å². The van der Waals surface area contributed by atoms with E-state index in [1.54, 1.807) is 0 Å². The van der Waals surface area contributed by atoms with Crippen molar-refractivity contribution in [2.75, 3.05) is 14.1 Å². The summed E-state index contributed by atoms with van der Waals surface area (Å²) in [7, 11) is -0.482. The molecule has 0 fully saturated rings. The van der Waals surface area contributed by atoms with E-state index in [-0.39, 0.29) is 6.54 Å². The van der Waals surface area contributed by atoms with Gasteiger partial charge in [-0.3, -0.25) is 0 Å². The quantitative estimate of drug-likeness (QED) is 0.817. The molecule has 1 heterocycles. The zero-order chi connectivity index (χ0) is 13.8. The van der Waals surface area contributed by atoms with Gasteiger partial charge in [0.05, 0.1) is 12.2 Å². The van der Waals surface area contributed by atoms with Crippen molar-refractivity contribution < 1.29 is 12.9 Å². The Bertz CT molecular complexity index is 464. The molecule has 0 saturated carbocycles. The predicted octanol–water partition coefficient (Wildman–Crippen LogP) is 1.47. The molecule has 7 heteroatoms. The number of hydrogen-bond acceptors (Lipinski definition) is 4. The summed E-state index contributed by atoms with van der Waals surface area (Å²) in [6, 6.07) is 1.82. The third-order valence-corrected chi connectivity index (χ3v) is 4.36. The number of aromatic nitrogens is 1. The molecule has 0 radical (unpaired) electrons. The van der Waals surface area contributed by atoms with E-state index >= 15 is 0 Å². The summed E-state index contributed by atoms with van der Waals surface area (Å²) in [6.07, 6.45) is 1.98. The summed E-state index contributed by atoms with van der Waals surface area (Å²) in [5, 5.41) is 3.98. The van der Waals surface area contributed by atoms with Crippen LogP contribution in [0.1, 0.15) is 44.1 Å². The molecule has 0 atom stereocenters. The third kappa shape index (κ3) is 3.79. The van der Waals surface area contributed by atoms with Crippen molar-refractivity contribution in [3.05, 3.63) is 17.5 Å². The van der Waals surface area contributed by atoms with Crippen molar-refractivity contribution in [1.82, 2.24) is 14.2 Å². The van der Waals surface area contributed by atoms with E-state index in [0.29, 0.717) is 11.7 Å². The normalized spacial score (nSPS) is 12.6. The minimum Gasteiger partial charge on any atom is -0.360 e. The molecule has 104 valence electrons. The summed E-state index contributed by atoms with van der Waals surface area (Å²) >= 11 is 0. The highest BCUT2D eigenvalue weighted by Crippen LogP contribution is 2.22. The van der Waals surface area contributed by atoms with E-state index < -0.39 is 10.2 Å². The van der Waals surface area contributed by atoms with Crippen LogP contribution < -0.4 is 4.72 Å². The van der Waals surface area contributed by atoms with E-state index in [1.807, 2.05) is 6.07 Å². The molecular formula is C11H21N3O3S. The maximum absolute atomic E-state index is 11.5. The van der Waals surface area contributed by atoms with Gasteiger partial charge in [0, 0.05) is 26.1 Å². The average Bonchev–Trinajstić information content (AvgIpc) is 2.77. The zero-order valence-electron chi connectivity index (χ0n) is 11.3. The van der Waals surface area contributed by atoms with Crippen LogP contribution in [-0.4, -0.2) is 32.0 Å². The Labute approximate surface area is 109 Å². The number of hydrogen-bond donors (Lipinski definition) is 1. The van der Waals surface area contributed by atoms with Gasteiger partial charge in [-0.25, -0.2) is 0 Å². The molecule has 0 amide bonds. The fourth-order valence-electron chi connectivity index (χ4n) is 1.60. The fraction of sp³-hybridized carbons (Fsp3) is 0.727. The Kier molecular flexibility index (Phi) is 5.30. The molecule has 0 aliphatic carbocycles. The Hall–Kier alpha value is -0.920. The first kappa shape index (κ1) is 15.1. The summed E-state index contributed by atoms with van der Waals surface area (Å²) in [6.45, 7) is 4.31. The average molecular weight is 275 g/mol. The number of nitrogens with zero attached hydrogens (tertiary/aromatic N) is 2. The lowest BCUT2D eigenvalue weighted by atomic mass is 9.99. The Morgan fingerprint density at radius 1 is 1.39 bits per heavy atom. The second-order valence-corrected chi connectivity index (χ2v) is 6.31. The lowest BCUT2D eigenvalue weighted by Gasteiger charge is -2.10. The highest BCUT2D eigenvalue weighted by Gasteiger charge is 2.16. The molecule has 0 unspecified atom stereocenters. The molecule has 0 aliphatic heterocycles. The van der Waals surface area contributed by atoms with E-state index in [2.05, 4.69) is 23.7 Å². The minimum atomic E-state index is -3.42. The lowest BCUT2D eigenvalue weighted by Crippen LogP contribution is -2.35. The molecule has 0 aromatic carbocycles. The fourth-order valence-corrected chi connectivity index (χ4v) is 2.19. The number of rotatable bonds is 7. The molecule has 18 heavy (non-hydrogen) atoms. The maximum Gasteiger partial charge on any atom is 0.279 e. The SMILES string of the molecule is CCC(CC)c1cc(CNS(=O)(=O)N(C)C)on1. The van der Waals surface area contributed by atoms with Crippen LogP contribution in [0.4, 0.5) is 0 Å². The van der Waals surface area contributed by atoms with Gasteiger partial charge in [0.15, 0.2) is 5.76 Å². The van der Waals surface area contributed by atoms with Crippen molar-refractivity contribution in [2.24, 2.45) is 0 Å². The van der Waals surface area contributed by atoms with Crippen LogP contribution in [0.15, 0.2) is 10.6 Å². The molecule has 1 aromatic rings. The lowest BCUT2D eigenvalue weighted by molar-refractivity contribution is 0.367. The van der Waals surface area contributed by atoms with Gasteiger partial charge >= 0.3 is 0 Å². The summed E-state index contributed by atoms with van der Waals surface area (Å²) in [5.41, 5.74) is 0.888. The van der Waals surface area contributed by atoms with Crippen molar-refractivity contribution in [1.29, 1.82) is 0 Å². The van der Waals surface area contributed by atoms with Crippen LogP contribution in [0.3, 0.4) is 0 Å². The molecule has 0 aliphatic rings. The van der Waals surface area contributed by atoms with Crippen molar-refractivity contribution in [3.8, 4) is 0 Å². The Balaban J connectivity index is 2.65. The van der Waals surface area contributed by atoms with Crippen LogP contribution in [0.25, 0.3) is 0 Å². The molecule has 1 rings (SSSR count). The smallest absolute Gasteiger partial charge is 0.279 e. The topological polar surface area (TPSA) is 75.4 Å². The first-order chi connectivity index (χ1) is 8.40. The van der Waals surface area contributed by atoms with Gasteiger partial charge < -0.3 is 4.52 Å². The van der Waals surface area contributed by atoms with Gasteiger partial charge in [-0.05, 0) is 12.8 Å². The van der Waals surface area contributed by atoms with Crippen molar-refractivity contribution in [3.63, 3.8) is 0 Å². The van der Waals surface area contributed by atoms with Crippen LogP contribution in [-0.2, 0) is 16.8 Å². The van der Waals surface area contributed by atoms with E-state index in [1.165, 1.54) is 14.1 Å². The van der Waals surface area contributed by atoms with Gasteiger partial charge in [-0.1, -0.05) is 19.0 Å². The van der Waals surface area contributed by atoms with Gasteiger partial charge in [-0.15, -0.1) is 0 Å². The van der Waals surface area contributed by atoms with Gasteiger partial charge in [0.2, 0.25) is 0 Å². The first-order valence-electron chi connectivity index (χ1n) is 6.03. The van der Waals surface area contributed by atoms with Gasteiger partial charge in [-0.2, -0.15) is 17.4 Å². The summed E-state index contributed by atoms with van der Waals surface area (Å²) in [4.78, 5) is 0. The highest BCUT2D eigenvalue weighted by molar-refractivity contribution is 7.87. The largest absolute Gasteiger partial charge is 0.360 e. The Morgan fingerprint density at radius 2 is 2.00 bits per heavy atom. The monoisotopic (exact) mass is 275 g/mol. The molecule has 6 nitrogen and oxygen atoms in total. The highest BCUT2D eigenvalue weighted by atomic mass is 32.2. The molecule has 0 bridgehead atoms. The van der Waals surface area contributed by atoms with Gasteiger partial charge in [0.1, 0.15) is 0 Å². The molecule has 0 spiro atoms. The first-order valence-corrected chi connectivity index (χ1v) is 7.47. The van der Waals surface area contributed by atoms with Crippen LogP contribution in [0, 0.1) is 0 Å². The van der Waals surface area contributed by atoms with Crippen molar-refractivity contribution >= 4 is 10.2 Å². The van der Waals surface area contributed by atoms with E-state index in [4.69, 9.17) is 4.52 Å². The third-order valence-electron chi connectivity index (χ3n) is 2.89. The Morgan fingerprint density at radius 3 is 2.50 bits per heavy atom. The van der Waals surface area contributed by atoms with Crippen LogP contribution in [0.2, 0.25) is 0 Å². The van der Waals surface area contributed by atoms with E-state index in [9.17, 15) is 8.42 Å². The summed E-state index contributed by atoms with van der Waals surface area (Å²) in [5.74, 6) is 0.898. The second-order valence-electron chi connectivity index (χ2n) is 4.34. The van der Waals surface area contributed by atoms with Crippen LogP contribution in [0.5, 0.6) is 0 Å². The molecule has 1 aromatic heterocycles. The van der Waals surface area contributed by atoms with Gasteiger partial charge in [0.25, 0.3) is 10.2 Å². The second kappa shape index (κ2) is 6.31. The van der Waals surface area contributed by atoms with Crippen molar-refractivity contribution in [2.45, 2.75) is 39.2 Å². The molecule has 1 N–H and O–H groups in total. The zero-order valence-corrected chi connectivity index (χ0v) is 12.1. The molecular weight excluding hydrogens is 254 g/mol. The van der Waals surface area contributed by atoms with E-state index in [0.717, 1.165) is 22.8 Å². The predicted molar refractivity (Wildman–Crippen MR) is 69.3 cm³/mol. The molecule has 0 saturated heterocycles.